The highest BCUT2D eigenvalue weighted by molar-refractivity contribution is 5.93. The van der Waals surface area contributed by atoms with Crippen LogP contribution in [0.1, 0.15) is 47.4 Å². The average Bonchev–Trinajstić information content (AvgIpc) is 3.01. The largest absolute Gasteiger partial charge is 0.336 e. The van der Waals surface area contributed by atoms with Crippen molar-refractivity contribution in [3.05, 3.63) is 53.9 Å². The Labute approximate surface area is 139 Å². The molecule has 4 heterocycles. The van der Waals surface area contributed by atoms with E-state index < -0.39 is 0 Å². The zero-order chi connectivity index (χ0) is 16.7. The molecule has 1 aliphatic rings. The highest BCUT2D eigenvalue weighted by Gasteiger charge is 2.33. The van der Waals surface area contributed by atoms with Crippen LogP contribution in [0.2, 0.25) is 0 Å². The van der Waals surface area contributed by atoms with Crippen LogP contribution < -0.4 is 0 Å². The number of likely N-dealkylation sites (tertiary alicyclic amines) is 1. The molecule has 0 aliphatic carbocycles. The molecular weight excluding hydrogens is 304 g/mol. The first-order valence-electron chi connectivity index (χ1n) is 8.03. The molecule has 1 saturated heterocycles. The van der Waals surface area contributed by atoms with Crippen molar-refractivity contribution in [1.82, 2.24) is 29.5 Å². The van der Waals surface area contributed by atoms with E-state index in [9.17, 15) is 4.79 Å². The Morgan fingerprint density at radius 2 is 2.17 bits per heavy atom. The van der Waals surface area contributed by atoms with E-state index in [2.05, 4.69) is 40.0 Å². The van der Waals surface area contributed by atoms with Crippen LogP contribution in [-0.2, 0) is 0 Å². The van der Waals surface area contributed by atoms with Crippen LogP contribution in [0.3, 0.4) is 0 Å². The second-order valence-corrected chi connectivity index (χ2v) is 6.39. The molecule has 4 rings (SSSR count). The van der Waals surface area contributed by atoms with Gasteiger partial charge in [0.2, 0.25) is 0 Å². The Kier molecular flexibility index (Phi) is 3.48. The van der Waals surface area contributed by atoms with Crippen LogP contribution in [0.25, 0.3) is 5.78 Å². The van der Waals surface area contributed by atoms with Crippen molar-refractivity contribution < 1.29 is 4.79 Å². The lowest BCUT2D eigenvalue weighted by atomic mass is 9.92. The van der Waals surface area contributed by atoms with Crippen LogP contribution in [0.5, 0.6) is 0 Å². The van der Waals surface area contributed by atoms with Crippen molar-refractivity contribution in [1.29, 1.82) is 0 Å². The number of amides is 1. The normalized spacial score (nSPS) is 15.0. The lowest BCUT2D eigenvalue weighted by Crippen LogP contribution is -2.48. The van der Waals surface area contributed by atoms with Crippen molar-refractivity contribution >= 4 is 11.7 Å². The predicted octanol–water partition coefficient (Wildman–Crippen LogP) is 1.88. The van der Waals surface area contributed by atoms with E-state index in [-0.39, 0.29) is 11.8 Å². The van der Waals surface area contributed by atoms with Gasteiger partial charge in [0.15, 0.2) is 0 Å². The molecule has 1 amide bonds. The van der Waals surface area contributed by atoms with Crippen molar-refractivity contribution in [3.8, 4) is 0 Å². The molecule has 0 aromatic carbocycles. The minimum atomic E-state index is -0.0532. The molecule has 1 fully saturated rings. The van der Waals surface area contributed by atoms with Crippen molar-refractivity contribution in [2.75, 3.05) is 13.1 Å². The summed E-state index contributed by atoms with van der Waals surface area (Å²) < 4.78 is 1.69. The van der Waals surface area contributed by atoms with Gasteiger partial charge in [-0.25, -0.2) is 9.50 Å². The first-order chi connectivity index (χ1) is 11.6. The number of hydrogen-bond donors (Lipinski definition) is 0. The summed E-state index contributed by atoms with van der Waals surface area (Å²) >= 11 is 0. The molecule has 0 spiro atoms. The second-order valence-electron chi connectivity index (χ2n) is 6.39. The maximum Gasteiger partial charge on any atom is 0.272 e. The maximum atomic E-state index is 12.7. The fourth-order valence-electron chi connectivity index (χ4n) is 2.99. The van der Waals surface area contributed by atoms with Crippen LogP contribution in [0.15, 0.2) is 36.9 Å². The molecule has 24 heavy (non-hydrogen) atoms. The standard InChI is InChI=1S/C17H18N6O/c1-11(2)15-6-14(21-17-19-10-20-23(15)17)16(24)22-8-13(9-22)12-4-3-5-18-7-12/h3-7,10-11,13H,8-9H2,1-2H3. The topological polar surface area (TPSA) is 76.3 Å². The third kappa shape index (κ3) is 2.42. The van der Waals surface area contributed by atoms with Gasteiger partial charge < -0.3 is 4.90 Å². The van der Waals surface area contributed by atoms with E-state index in [1.165, 1.54) is 11.9 Å². The number of aromatic nitrogens is 5. The highest BCUT2D eigenvalue weighted by atomic mass is 16.2. The van der Waals surface area contributed by atoms with Gasteiger partial charge in [-0.1, -0.05) is 19.9 Å². The molecule has 0 atom stereocenters. The van der Waals surface area contributed by atoms with Crippen LogP contribution in [0, 0.1) is 0 Å². The molecule has 3 aromatic rings. The Morgan fingerprint density at radius 1 is 1.33 bits per heavy atom. The molecule has 0 saturated carbocycles. The van der Waals surface area contributed by atoms with Gasteiger partial charge >= 0.3 is 0 Å². The third-order valence-electron chi connectivity index (χ3n) is 4.41. The first-order valence-corrected chi connectivity index (χ1v) is 8.03. The lowest BCUT2D eigenvalue weighted by molar-refractivity contribution is 0.0596. The average molecular weight is 322 g/mol. The number of carbonyl (C=O) groups excluding carboxylic acids is 1. The maximum absolute atomic E-state index is 12.7. The molecule has 7 nitrogen and oxygen atoms in total. The third-order valence-corrected chi connectivity index (χ3v) is 4.41. The number of rotatable bonds is 3. The minimum absolute atomic E-state index is 0.0532. The number of nitrogens with zero attached hydrogens (tertiary/aromatic N) is 6. The monoisotopic (exact) mass is 322 g/mol. The summed E-state index contributed by atoms with van der Waals surface area (Å²) in [6.07, 6.45) is 5.09. The summed E-state index contributed by atoms with van der Waals surface area (Å²) in [5.74, 6) is 0.990. The molecule has 7 heteroatoms. The number of pyridine rings is 1. The lowest BCUT2D eigenvalue weighted by Gasteiger charge is -2.39. The summed E-state index contributed by atoms with van der Waals surface area (Å²) in [5.41, 5.74) is 2.54. The fraction of sp³-hybridized carbons (Fsp3) is 0.353. The van der Waals surface area contributed by atoms with Crippen molar-refractivity contribution in [2.45, 2.75) is 25.7 Å². The second kappa shape index (κ2) is 5.67. The number of hydrogen-bond acceptors (Lipinski definition) is 5. The summed E-state index contributed by atoms with van der Waals surface area (Å²) in [7, 11) is 0. The molecule has 122 valence electrons. The summed E-state index contributed by atoms with van der Waals surface area (Å²) in [6.45, 7) is 5.52. The SMILES string of the molecule is CC(C)c1cc(C(=O)N2CC(c3cccnc3)C2)nc2ncnn12. The Morgan fingerprint density at radius 3 is 2.88 bits per heavy atom. The van der Waals surface area contributed by atoms with Gasteiger partial charge in [0.05, 0.1) is 5.69 Å². The summed E-state index contributed by atoms with van der Waals surface area (Å²) in [5, 5.41) is 4.18. The van der Waals surface area contributed by atoms with Crippen molar-refractivity contribution in [2.24, 2.45) is 0 Å². The van der Waals surface area contributed by atoms with E-state index in [4.69, 9.17) is 0 Å². The van der Waals surface area contributed by atoms with E-state index >= 15 is 0 Å². The minimum Gasteiger partial charge on any atom is -0.336 e. The summed E-state index contributed by atoms with van der Waals surface area (Å²) in [6, 6.07) is 5.80. The fourth-order valence-corrected chi connectivity index (χ4v) is 2.99. The van der Waals surface area contributed by atoms with Gasteiger partial charge in [0.25, 0.3) is 11.7 Å². The van der Waals surface area contributed by atoms with Crippen LogP contribution in [-0.4, -0.2) is 48.5 Å². The van der Waals surface area contributed by atoms with E-state index in [0.29, 0.717) is 30.5 Å². The van der Waals surface area contributed by atoms with Gasteiger partial charge in [-0.3, -0.25) is 9.78 Å². The van der Waals surface area contributed by atoms with Gasteiger partial charge in [-0.2, -0.15) is 10.1 Å². The number of fused-ring (bicyclic) bond motifs is 1. The molecule has 0 N–H and O–H groups in total. The van der Waals surface area contributed by atoms with E-state index in [1.54, 1.807) is 10.7 Å². The van der Waals surface area contributed by atoms with Crippen molar-refractivity contribution in [3.63, 3.8) is 0 Å². The molecule has 0 unspecified atom stereocenters. The zero-order valence-electron chi connectivity index (χ0n) is 13.6. The Hall–Kier alpha value is -2.83. The summed E-state index contributed by atoms with van der Waals surface area (Å²) in [4.78, 5) is 27.2. The Bertz CT molecular complexity index is 882. The van der Waals surface area contributed by atoms with Gasteiger partial charge in [0.1, 0.15) is 12.0 Å². The van der Waals surface area contributed by atoms with Gasteiger partial charge in [0, 0.05) is 31.4 Å². The Balaban J connectivity index is 1.56. The quantitative estimate of drug-likeness (QED) is 0.736. The van der Waals surface area contributed by atoms with Gasteiger partial charge in [-0.05, 0) is 23.6 Å². The molecule has 1 aliphatic heterocycles. The number of carbonyl (C=O) groups is 1. The molecule has 0 radical (unpaired) electrons. The smallest absolute Gasteiger partial charge is 0.272 e. The molecular formula is C17H18N6O. The van der Waals surface area contributed by atoms with Crippen LogP contribution in [0.4, 0.5) is 0 Å². The van der Waals surface area contributed by atoms with E-state index in [1.807, 2.05) is 23.2 Å². The highest BCUT2D eigenvalue weighted by Crippen LogP contribution is 2.28. The first kappa shape index (κ1) is 14.7. The van der Waals surface area contributed by atoms with Gasteiger partial charge in [-0.15, -0.1) is 0 Å². The molecule has 3 aromatic heterocycles. The predicted molar refractivity (Wildman–Crippen MR) is 87.8 cm³/mol. The molecule has 0 bridgehead atoms. The van der Waals surface area contributed by atoms with E-state index in [0.717, 1.165) is 5.69 Å². The van der Waals surface area contributed by atoms with Crippen LogP contribution >= 0.6 is 0 Å². The zero-order valence-corrected chi connectivity index (χ0v) is 13.6.